The Morgan fingerprint density at radius 2 is 1.94 bits per heavy atom. The standard InChI is InChI=1S/C26H38N2O4/c1-24-10-7-18(28-22(29)14-27)13-17(24)4-5-21-20(24)8-11-25(2)19(9-12-26(21,25)31)16-3-6-23(30)32-15-16/h3,6,15,17-21,31H,4-5,7-14,27H2,1-2H3,(H,28,29)/t17-,18-,19-,20+,21-,24+,25-,26+/m1/s1. The van der Waals surface area contributed by atoms with Crippen LogP contribution in [0.15, 0.2) is 27.6 Å². The molecule has 0 spiro atoms. The Balaban J connectivity index is 1.39. The molecule has 0 radical (unpaired) electrons. The predicted molar refractivity (Wildman–Crippen MR) is 122 cm³/mol. The Kier molecular flexibility index (Phi) is 5.33. The summed E-state index contributed by atoms with van der Waals surface area (Å²) in [6.07, 6.45) is 10.9. The summed E-state index contributed by atoms with van der Waals surface area (Å²) < 4.78 is 5.19. The topological polar surface area (TPSA) is 106 Å². The molecule has 4 N–H and O–H groups in total. The van der Waals surface area contributed by atoms with Crippen LogP contribution in [0.4, 0.5) is 0 Å². The van der Waals surface area contributed by atoms with E-state index in [0.29, 0.717) is 17.8 Å². The molecule has 6 nitrogen and oxygen atoms in total. The molecule has 0 bridgehead atoms. The van der Waals surface area contributed by atoms with Gasteiger partial charge in [-0.05, 0) is 98.5 Å². The monoisotopic (exact) mass is 442 g/mol. The number of rotatable bonds is 3. The molecule has 0 unspecified atom stereocenters. The molecule has 4 fully saturated rings. The molecule has 0 aliphatic heterocycles. The van der Waals surface area contributed by atoms with Gasteiger partial charge in [-0.15, -0.1) is 0 Å². The van der Waals surface area contributed by atoms with Crippen molar-refractivity contribution in [3.63, 3.8) is 0 Å². The van der Waals surface area contributed by atoms with Gasteiger partial charge in [0.25, 0.3) is 0 Å². The number of carbonyl (C=O) groups excluding carboxylic acids is 1. The van der Waals surface area contributed by atoms with Crippen molar-refractivity contribution in [3.8, 4) is 0 Å². The van der Waals surface area contributed by atoms with Crippen LogP contribution >= 0.6 is 0 Å². The van der Waals surface area contributed by atoms with Gasteiger partial charge in [0.05, 0.1) is 18.4 Å². The number of amides is 1. The first kappa shape index (κ1) is 22.1. The van der Waals surface area contributed by atoms with E-state index in [1.807, 2.05) is 6.07 Å². The first-order valence-corrected chi connectivity index (χ1v) is 12.5. The Bertz CT molecular complexity index is 926. The summed E-state index contributed by atoms with van der Waals surface area (Å²) in [6.45, 7) is 4.79. The van der Waals surface area contributed by atoms with Crippen LogP contribution in [0.3, 0.4) is 0 Å². The normalized spacial score (nSPS) is 45.4. The van der Waals surface area contributed by atoms with Crippen molar-refractivity contribution in [3.05, 3.63) is 34.4 Å². The quantitative estimate of drug-likeness (QED) is 0.666. The van der Waals surface area contributed by atoms with Crippen LogP contribution in [-0.2, 0) is 4.79 Å². The number of hydrogen-bond acceptors (Lipinski definition) is 5. The highest BCUT2D eigenvalue weighted by Gasteiger charge is 2.67. The van der Waals surface area contributed by atoms with Gasteiger partial charge in [-0.1, -0.05) is 13.8 Å². The zero-order chi connectivity index (χ0) is 22.7. The van der Waals surface area contributed by atoms with E-state index in [1.165, 1.54) is 6.07 Å². The third kappa shape index (κ3) is 3.12. The molecule has 0 saturated heterocycles. The molecular weight excluding hydrogens is 404 g/mol. The Morgan fingerprint density at radius 3 is 2.66 bits per heavy atom. The van der Waals surface area contributed by atoms with Crippen molar-refractivity contribution < 1.29 is 14.3 Å². The van der Waals surface area contributed by atoms with E-state index >= 15 is 0 Å². The summed E-state index contributed by atoms with van der Waals surface area (Å²) in [5, 5.41) is 15.4. The van der Waals surface area contributed by atoms with E-state index in [-0.39, 0.29) is 40.9 Å². The van der Waals surface area contributed by atoms with Gasteiger partial charge >= 0.3 is 5.63 Å². The summed E-state index contributed by atoms with van der Waals surface area (Å²) in [6, 6.07) is 3.64. The summed E-state index contributed by atoms with van der Waals surface area (Å²) in [4.78, 5) is 23.3. The lowest BCUT2D eigenvalue weighted by atomic mass is 9.43. The highest BCUT2D eigenvalue weighted by molar-refractivity contribution is 5.78. The first-order chi connectivity index (χ1) is 15.2. The Hall–Kier alpha value is -1.66. The molecule has 1 amide bonds. The van der Waals surface area contributed by atoms with E-state index in [1.54, 1.807) is 6.26 Å². The van der Waals surface area contributed by atoms with Crippen LogP contribution in [0.25, 0.3) is 0 Å². The number of fused-ring (bicyclic) bond motifs is 5. The molecular formula is C26H38N2O4. The molecule has 5 rings (SSSR count). The Morgan fingerprint density at radius 1 is 1.12 bits per heavy atom. The lowest BCUT2D eigenvalue weighted by Gasteiger charge is -2.63. The first-order valence-electron chi connectivity index (χ1n) is 12.5. The minimum Gasteiger partial charge on any atom is -0.431 e. The summed E-state index contributed by atoms with van der Waals surface area (Å²) in [5.74, 6) is 1.61. The molecule has 4 saturated carbocycles. The van der Waals surface area contributed by atoms with Crippen molar-refractivity contribution in [2.24, 2.45) is 34.3 Å². The van der Waals surface area contributed by atoms with Crippen LogP contribution in [0.1, 0.15) is 83.1 Å². The molecule has 0 aromatic carbocycles. The minimum absolute atomic E-state index is 0.0521. The Labute approximate surface area is 190 Å². The number of nitrogens with one attached hydrogen (secondary N) is 1. The van der Waals surface area contributed by atoms with Crippen molar-refractivity contribution >= 4 is 5.91 Å². The fourth-order valence-electron chi connectivity index (χ4n) is 8.74. The number of hydrogen-bond donors (Lipinski definition) is 3. The highest BCUT2D eigenvalue weighted by atomic mass is 16.4. The van der Waals surface area contributed by atoms with E-state index < -0.39 is 5.60 Å². The van der Waals surface area contributed by atoms with Crippen LogP contribution in [0.2, 0.25) is 0 Å². The lowest BCUT2D eigenvalue weighted by molar-refractivity contribution is -0.202. The van der Waals surface area contributed by atoms with Gasteiger partial charge in [0.1, 0.15) is 0 Å². The molecule has 1 aromatic heterocycles. The fraction of sp³-hybridized carbons (Fsp3) is 0.769. The van der Waals surface area contributed by atoms with Crippen molar-refractivity contribution in [1.29, 1.82) is 0 Å². The maximum atomic E-state index is 12.3. The molecule has 176 valence electrons. The van der Waals surface area contributed by atoms with Crippen LogP contribution < -0.4 is 16.7 Å². The van der Waals surface area contributed by atoms with Crippen LogP contribution in [0, 0.1) is 28.6 Å². The summed E-state index contributed by atoms with van der Waals surface area (Å²) in [5.41, 5.74) is 5.61. The van der Waals surface area contributed by atoms with Gasteiger partial charge in [0.15, 0.2) is 0 Å². The molecule has 4 aliphatic carbocycles. The average Bonchev–Trinajstić information content (AvgIpc) is 3.06. The number of aliphatic hydroxyl groups is 1. The SMILES string of the molecule is C[C@]12CC[C@@H](NC(=O)CN)C[C@H]1CC[C@@H]1[C@@H]2CC[C@]2(C)[C@@H](c3ccc(=O)oc3)CC[C@]12O. The zero-order valence-electron chi connectivity index (χ0n) is 19.4. The van der Waals surface area contributed by atoms with Gasteiger partial charge in [0.2, 0.25) is 5.91 Å². The molecule has 1 aromatic rings. The van der Waals surface area contributed by atoms with E-state index in [0.717, 1.165) is 63.4 Å². The molecule has 8 atom stereocenters. The summed E-state index contributed by atoms with van der Waals surface area (Å²) >= 11 is 0. The van der Waals surface area contributed by atoms with Gasteiger partial charge in [0, 0.05) is 17.5 Å². The van der Waals surface area contributed by atoms with Gasteiger partial charge in [-0.2, -0.15) is 0 Å². The van der Waals surface area contributed by atoms with Crippen molar-refractivity contribution in [2.45, 2.75) is 89.2 Å². The van der Waals surface area contributed by atoms with Gasteiger partial charge < -0.3 is 20.6 Å². The third-order valence-corrected chi connectivity index (χ3v) is 10.5. The second-order valence-electron chi connectivity index (χ2n) is 11.6. The lowest BCUT2D eigenvalue weighted by Crippen LogP contribution is -2.62. The minimum atomic E-state index is -0.671. The maximum absolute atomic E-state index is 12.3. The third-order valence-electron chi connectivity index (χ3n) is 10.5. The molecule has 1 heterocycles. The number of nitrogens with two attached hydrogens (primary N) is 1. The van der Waals surface area contributed by atoms with Crippen LogP contribution in [-0.4, -0.2) is 29.2 Å². The maximum Gasteiger partial charge on any atom is 0.335 e. The second-order valence-corrected chi connectivity index (χ2v) is 11.6. The predicted octanol–water partition coefficient (Wildman–Crippen LogP) is 3.32. The van der Waals surface area contributed by atoms with Gasteiger partial charge in [-0.3, -0.25) is 4.79 Å². The van der Waals surface area contributed by atoms with Gasteiger partial charge in [-0.25, -0.2) is 4.79 Å². The number of carbonyl (C=O) groups is 1. The van der Waals surface area contributed by atoms with Crippen molar-refractivity contribution in [1.82, 2.24) is 5.32 Å². The zero-order valence-corrected chi connectivity index (χ0v) is 19.4. The second kappa shape index (κ2) is 7.69. The average molecular weight is 443 g/mol. The van der Waals surface area contributed by atoms with Crippen molar-refractivity contribution in [2.75, 3.05) is 6.54 Å². The molecule has 32 heavy (non-hydrogen) atoms. The summed E-state index contributed by atoms with van der Waals surface area (Å²) in [7, 11) is 0. The van der Waals surface area contributed by atoms with Crippen LogP contribution in [0.5, 0.6) is 0 Å². The largest absolute Gasteiger partial charge is 0.431 e. The van der Waals surface area contributed by atoms with E-state index in [4.69, 9.17) is 10.2 Å². The van der Waals surface area contributed by atoms with E-state index in [2.05, 4.69) is 19.2 Å². The smallest absolute Gasteiger partial charge is 0.335 e. The fourth-order valence-corrected chi connectivity index (χ4v) is 8.74. The molecule has 6 heteroatoms. The van der Waals surface area contributed by atoms with E-state index in [9.17, 15) is 14.7 Å². The molecule has 4 aliphatic rings. The highest BCUT2D eigenvalue weighted by Crippen LogP contribution is 2.70.